The molecule has 0 amide bonds. The molecule has 4 rings (SSSR count). The number of morpholine rings is 1. The average molecular weight is 447 g/mol. The van der Waals surface area contributed by atoms with Gasteiger partial charge < -0.3 is 14.8 Å². The summed E-state index contributed by atoms with van der Waals surface area (Å²) in [7, 11) is 0. The zero-order chi connectivity index (χ0) is 21.7. The van der Waals surface area contributed by atoms with E-state index in [1.165, 1.54) is 25.7 Å². The molecule has 1 saturated heterocycles. The summed E-state index contributed by atoms with van der Waals surface area (Å²) >= 11 is 6.20. The molecule has 0 spiro atoms. The Hall–Kier alpha value is -1.93. The molecule has 0 atom stereocenters. The predicted octanol–water partition coefficient (Wildman–Crippen LogP) is 3.44. The third-order valence-corrected chi connectivity index (χ3v) is 6.61. The van der Waals surface area contributed by atoms with Gasteiger partial charge in [-0.1, -0.05) is 30.5 Å². The average Bonchev–Trinajstić information content (AvgIpc) is 3.43. The summed E-state index contributed by atoms with van der Waals surface area (Å²) in [4.78, 5) is 15.1. The van der Waals surface area contributed by atoms with E-state index in [4.69, 9.17) is 21.1 Å². The Morgan fingerprint density at radius 1 is 1.29 bits per heavy atom. The van der Waals surface area contributed by atoms with Gasteiger partial charge in [-0.05, 0) is 38.0 Å². The van der Waals surface area contributed by atoms with Gasteiger partial charge in [0.25, 0.3) is 0 Å². The van der Waals surface area contributed by atoms with Crippen LogP contribution in [0.15, 0.2) is 30.5 Å². The molecule has 2 aliphatic rings. The van der Waals surface area contributed by atoms with Crippen LogP contribution in [0.5, 0.6) is 0 Å². The topological polar surface area (TPSA) is 68.6 Å². The van der Waals surface area contributed by atoms with Gasteiger partial charge in [0.2, 0.25) is 0 Å². The Morgan fingerprint density at radius 2 is 2.06 bits per heavy atom. The molecule has 0 radical (unpaired) electrons. The van der Waals surface area contributed by atoms with E-state index in [0.29, 0.717) is 23.7 Å². The van der Waals surface area contributed by atoms with Crippen LogP contribution >= 0.6 is 11.6 Å². The van der Waals surface area contributed by atoms with E-state index in [1.807, 2.05) is 31.2 Å². The van der Waals surface area contributed by atoms with E-state index in [-0.39, 0.29) is 11.5 Å². The molecular formula is C23H31ClN4O3. The molecule has 1 aromatic heterocycles. The number of esters is 1. The minimum absolute atomic E-state index is 0.161. The van der Waals surface area contributed by atoms with Crippen LogP contribution in [0.4, 0.5) is 0 Å². The number of aromatic nitrogens is 2. The molecule has 8 heteroatoms. The van der Waals surface area contributed by atoms with E-state index < -0.39 is 0 Å². The molecule has 1 aromatic carbocycles. The molecular weight excluding hydrogens is 416 g/mol. The van der Waals surface area contributed by atoms with E-state index in [0.717, 1.165) is 44.2 Å². The number of halogens is 1. The summed E-state index contributed by atoms with van der Waals surface area (Å²) in [5.41, 5.74) is 2.26. The van der Waals surface area contributed by atoms with Crippen LogP contribution in [0.3, 0.4) is 0 Å². The summed E-state index contributed by atoms with van der Waals surface area (Å²) in [5.74, 6) is -0.351. The maximum atomic E-state index is 12.6. The van der Waals surface area contributed by atoms with Crippen molar-refractivity contribution in [3.63, 3.8) is 0 Å². The second kappa shape index (κ2) is 10.1. The molecule has 2 heterocycles. The third-order valence-electron chi connectivity index (χ3n) is 6.38. The first kappa shape index (κ1) is 22.3. The highest BCUT2D eigenvalue weighted by atomic mass is 35.5. The second-order valence-electron chi connectivity index (χ2n) is 8.25. The highest BCUT2D eigenvalue weighted by Crippen LogP contribution is 2.35. The van der Waals surface area contributed by atoms with Gasteiger partial charge in [0, 0.05) is 36.7 Å². The number of rotatable bonds is 8. The van der Waals surface area contributed by atoms with Crippen molar-refractivity contribution in [3.8, 4) is 5.69 Å². The van der Waals surface area contributed by atoms with Crippen molar-refractivity contribution in [2.75, 3.05) is 39.5 Å². The Morgan fingerprint density at radius 3 is 2.77 bits per heavy atom. The second-order valence-corrected chi connectivity index (χ2v) is 8.69. The summed E-state index contributed by atoms with van der Waals surface area (Å²) in [6.07, 6.45) is 6.49. The number of hydrogen-bond acceptors (Lipinski definition) is 6. The Labute approximate surface area is 188 Å². The molecule has 1 aliphatic carbocycles. The maximum absolute atomic E-state index is 12.6. The lowest BCUT2D eigenvalue weighted by Gasteiger charge is -2.43. The smallest absolute Gasteiger partial charge is 0.341 e. The summed E-state index contributed by atoms with van der Waals surface area (Å²) in [5, 5.41) is 8.75. The molecule has 0 bridgehead atoms. The van der Waals surface area contributed by atoms with Crippen LogP contribution in [0.2, 0.25) is 5.02 Å². The molecule has 2 aromatic rings. The van der Waals surface area contributed by atoms with Crippen molar-refractivity contribution < 1.29 is 14.3 Å². The van der Waals surface area contributed by atoms with Crippen molar-refractivity contribution >= 4 is 17.6 Å². The fraction of sp³-hybridized carbons (Fsp3) is 0.565. The fourth-order valence-electron chi connectivity index (χ4n) is 4.84. The summed E-state index contributed by atoms with van der Waals surface area (Å²) in [6, 6.07) is 7.49. The van der Waals surface area contributed by atoms with E-state index in [1.54, 1.807) is 10.9 Å². The SMILES string of the molecule is CCOC(=O)c1cnn(-c2cccc(Cl)c2)c1CNCC1(N2CCOCC2)CCCC1. The zero-order valence-electron chi connectivity index (χ0n) is 18.1. The zero-order valence-corrected chi connectivity index (χ0v) is 18.9. The molecule has 1 aliphatic heterocycles. The van der Waals surface area contributed by atoms with E-state index in [2.05, 4.69) is 15.3 Å². The van der Waals surface area contributed by atoms with Gasteiger partial charge in [-0.3, -0.25) is 4.90 Å². The van der Waals surface area contributed by atoms with E-state index in [9.17, 15) is 4.79 Å². The van der Waals surface area contributed by atoms with Gasteiger partial charge in [-0.2, -0.15) is 5.10 Å². The number of carbonyl (C=O) groups is 1. The highest BCUT2D eigenvalue weighted by molar-refractivity contribution is 6.30. The number of benzene rings is 1. The first-order valence-electron chi connectivity index (χ1n) is 11.2. The summed E-state index contributed by atoms with van der Waals surface area (Å²) < 4.78 is 12.6. The maximum Gasteiger partial charge on any atom is 0.341 e. The van der Waals surface area contributed by atoms with E-state index >= 15 is 0 Å². The first-order valence-corrected chi connectivity index (χ1v) is 11.5. The normalized spacial score (nSPS) is 18.9. The van der Waals surface area contributed by atoms with Gasteiger partial charge in [0.15, 0.2) is 0 Å². The van der Waals surface area contributed by atoms with Crippen molar-refractivity contribution in [2.45, 2.75) is 44.7 Å². The fourth-order valence-corrected chi connectivity index (χ4v) is 5.03. The van der Waals surface area contributed by atoms with Crippen molar-refractivity contribution in [1.29, 1.82) is 0 Å². The minimum Gasteiger partial charge on any atom is -0.462 e. The Balaban J connectivity index is 1.54. The quantitative estimate of drug-likeness (QED) is 0.626. The molecule has 168 valence electrons. The lowest BCUT2D eigenvalue weighted by atomic mass is 9.94. The van der Waals surface area contributed by atoms with Crippen LogP contribution in [-0.4, -0.2) is 65.6 Å². The van der Waals surface area contributed by atoms with Gasteiger partial charge in [0.05, 0.1) is 37.4 Å². The van der Waals surface area contributed by atoms with Gasteiger partial charge in [-0.15, -0.1) is 0 Å². The predicted molar refractivity (Wildman–Crippen MR) is 120 cm³/mol. The van der Waals surface area contributed by atoms with Crippen molar-refractivity contribution in [3.05, 3.63) is 46.7 Å². The molecule has 2 fully saturated rings. The third kappa shape index (κ3) is 4.95. The molecule has 1 saturated carbocycles. The number of hydrogen-bond donors (Lipinski definition) is 1. The Kier molecular flexibility index (Phi) is 7.27. The van der Waals surface area contributed by atoms with Gasteiger partial charge in [0.1, 0.15) is 5.56 Å². The minimum atomic E-state index is -0.351. The van der Waals surface area contributed by atoms with Crippen molar-refractivity contribution in [1.82, 2.24) is 20.0 Å². The molecule has 31 heavy (non-hydrogen) atoms. The Bertz CT molecular complexity index is 889. The van der Waals surface area contributed by atoms with Gasteiger partial charge in [-0.25, -0.2) is 9.48 Å². The van der Waals surface area contributed by atoms with Crippen LogP contribution in [0.25, 0.3) is 5.69 Å². The van der Waals surface area contributed by atoms with Crippen LogP contribution < -0.4 is 5.32 Å². The van der Waals surface area contributed by atoms with Crippen LogP contribution in [0, 0.1) is 0 Å². The lowest BCUT2D eigenvalue weighted by Crippen LogP contribution is -2.56. The summed E-state index contributed by atoms with van der Waals surface area (Å²) in [6.45, 7) is 7.10. The number of nitrogens with zero attached hydrogens (tertiary/aromatic N) is 3. The highest BCUT2D eigenvalue weighted by Gasteiger charge is 2.39. The van der Waals surface area contributed by atoms with Gasteiger partial charge >= 0.3 is 5.97 Å². The lowest BCUT2D eigenvalue weighted by molar-refractivity contribution is -0.0205. The standard InChI is InChI=1S/C23H31ClN4O3/c1-2-31-22(29)20-15-26-28(19-7-5-6-18(24)14-19)21(20)16-25-17-23(8-3-4-9-23)27-10-12-30-13-11-27/h5-7,14-15,25H,2-4,8-13,16-17H2,1H3. The number of nitrogens with one attached hydrogen (secondary N) is 1. The van der Waals surface area contributed by atoms with Crippen LogP contribution in [0.1, 0.15) is 48.7 Å². The monoisotopic (exact) mass is 446 g/mol. The molecule has 7 nitrogen and oxygen atoms in total. The van der Waals surface area contributed by atoms with Crippen LogP contribution in [-0.2, 0) is 16.0 Å². The largest absolute Gasteiger partial charge is 0.462 e. The number of carbonyl (C=O) groups excluding carboxylic acids is 1. The molecule has 1 N–H and O–H groups in total. The number of ether oxygens (including phenoxy) is 2. The van der Waals surface area contributed by atoms with Crippen molar-refractivity contribution in [2.24, 2.45) is 0 Å². The molecule has 0 unspecified atom stereocenters. The first-order chi connectivity index (χ1) is 15.1.